The molecule has 1 aliphatic heterocycles. The zero-order valence-corrected chi connectivity index (χ0v) is 20.8. The average molecular weight is 488 g/mol. The molecule has 0 spiro atoms. The number of carbonyl (C=O) groups excluding carboxylic acids is 2. The quantitative estimate of drug-likeness (QED) is 0.470. The van der Waals surface area contributed by atoms with Crippen LogP contribution in [0.5, 0.6) is 0 Å². The van der Waals surface area contributed by atoms with Crippen LogP contribution in [0, 0.1) is 0 Å². The molecule has 3 aromatic rings. The second-order valence-corrected chi connectivity index (χ2v) is 9.23. The summed E-state index contributed by atoms with van der Waals surface area (Å²) in [6.07, 6.45) is 0.858. The minimum absolute atomic E-state index is 0.184. The van der Waals surface area contributed by atoms with Crippen LogP contribution in [-0.2, 0) is 22.5 Å². The molecule has 1 N–H and O–H groups in total. The van der Waals surface area contributed by atoms with Crippen LogP contribution in [0.4, 0.5) is 9.59 Å². The molecule has 2 atom stereocenters. The number of carbonyl (C=O) groups is 2. The smallest absolute Gasteiger partial charge is 0.410 e. The van der Waals surface area contributed by atoms with E-state index in [1.807, 2.05) is 92.7 Å². The molecule has 2 amide bonds. The Morgan fingerprint density at radius 1 is 1.00 bits per heavy atom. The van der Waals surface area contributed by atoms with Gasteiger partial charge in [0.05, 0.1) is 23.9 Å². The molecule has 0 aliphatic carbocycles. The van der Waals surface area contributed by atoms with E-state index in [2.05, 4.69) is 5.32 Å². The average Bonchev–Trinajstić information content (AvgIpc) is 2.89. The van der Waals surface area contributed by atoms with Crippen molar-refractivity contribution in [2.45, 2.75) is 57.9 Å². The van der Waals surface area contributed by atoms with E-state index in [1.165, 1.54) is 0 Å². The summed E-state index contributed by atoms with van der Waals surface area (Å²) in [6.45, 7) is 4.41. The second-order valence-electron chi connectivity index (χ2n) is 9.23. The van der Waals surface area contributed by atoms with Crippen molar-refractivity contribution in [3.8, 4) is 11.3 Å². The number of amides is 2. The fourth-order valence-electron chi connectivity index (χ4n) is 4.47. The number of nitrogens with one attached hydrogen (secondary N) is 1. The molecule has 7 heteroatoms. The zero-order valence-electron chi connectivity index (χ0n) is 20.8. The molecule has 36 heavy (non-hydrogen) atoms. The molecule has 7 nitrogen and oxygen atoms in total. The number of nitrogens with zero attached hydrogens (tertiary/aromatic N) is 2. The first kappa shape index (κ1) is 25.2. The predicted octanol–water partition coefficient (Wildman–Crippen LogP) is 5.60. The van der Waals surface area contributed by atoms with E-state index in [-0.39, 0.29) is 30.9 Å². The first-order chi connectivity index (χ1) is 17.5. The number of hydrogen-bond acceptors (Lipinski definition) is 5. The number of hydrogen-bond donors (Lipinski definition) is 1. The van der Waals surface area contributed by atoms with Crippen LogP contribution in [0.15, 0.2) is 78.9 Å². The van der Waals surface area contributed by atoms with Crippen molar-refractivity contribution in [1.82, 2.24) is 15.2 Å². The van der Waals surface area contributed by atoms with E-state index in [9.17, 15) is 9.59 Å². The van der Waals surface area contributed by atoms with Crippen LogP contribution in [-0.4, -0.2) is 46.8 Å². The summed E-state index contributed by atoms with van der Waals surface area (Å²) in [4.78, 5) is 32.3. The fraction of sp³-hybridized carbons (Fsp3) is 0.345. The SMILES string of the molecule is CC(C)OC(=O)N1CCCC(NC(=O)OCc2ccccc2)C1Cc1cccc(-c2ccccc2)n1. The van der Waals surface area contributed by atoms with Gasteiger partial charge in [-0.1, -0.05) is 66.7 Å². The maximum Gasteiger partial charge on any atom is 0.410 e. The Labute approximate surface area is 212 Å². The molecular formula is C29H33N3O4. The number of likely N-dealkylation sites (tertiary alicyclic amines) is 1. The van der Waals surface area contributed by atoms with E-state index in [1.54, 1.807) is 4.90 Å². The third-order valence-electron chi connectivity index (χ3n) is 6.16. The van der Waals surface area contributed by atoms with E-state index in [0.29, 0.717) is 13.0 Å². The molecule has 1 fully saturated rings. The lowest BCUT2D eigenvalue weighted by molar-refractivity contribution is 0.0415. The van der Waals surface area contributed by atoms with Gasteiger partial charge in [-0.05, 0) is 44.4 Å². The maximum absolute atomic E-state index is 13.0. The summed E-state index contributed by atoms with van der Waals surface area (Å²) in [6, 6.07) is 24.8. The van der Waals surface area contributed by atoms with Crippen molar-refractivity contribution in [3.63, 3.8) is 0 Å². The number of rotatable bonds is 7. The van der Waals surface area contributed by atoms with Gasteiger partial charge in [0.2, 0.25) is 0 Å². The predicted molar refractivity (Wildman–Crippen MR) is 138 cm³/mol. The van der Waals surface area contributed by atoms with Crippen LogP contribution < -0.4 is 5.32 Å². The number of pyridine rings is 1. The van der Waals surface area contributed by atoms with Crippen molar-refractivity contribution in [3.05, 3.63) is 90.1 Å². The van der Waals surface area contributed by atoms with Crippen LogP contribution in [0.3, 0.4) is 0 Å². The van der Waals surface area contributed by atoms with Gasteiger partial charge in [0.15, 0.2) is 0 Å². The van der Waals surface area contributed by atoms with E-state index < -0.39 is 6.09 Å². The van der Waals surface area contributed by atoms with Gasteiger partial charge in [-0.2, -0.15) is 0 Å². The van der Waals surface area contributed by atoms with Gasteiger partial charge < -0.3 is 19.7 Å². The van der Waals surface area contributed by atoms with Crippen molar-refractivity contribution in [2.24, 2.45) is 0 Å². The van der Waals surface area contributed by atoms with Gasteiger partial charge in [-0.15, -0.1) is 0 Å². The van der Waals surface area contributed by atoms with Gasteiger partial charge in [0.25, 0.3) is 0 Å². The fourth-order valence-corrected chi connectivity index (χ4v) is 4.47. The van der Waals surface area contributed by atoms with Crippen molar-refractivity contribution < 1.29 is 19.1 Å². The molecule has 4 rings (SSSR count). The van der Waals surface area contributed by atoms with Gasteiger partial charge in [-0.3, -0.25) is 4.98 Å². The Morgan fingerprint density at radius 2 is 1.72 bits per heavy atom. The molecule has 0 bridgehead atoms. The van der Waals surface area contributed by atoms with E-state index in [4.69, 9.17) is 14.5 Å². The number of aromatic nitrogens is 1. The Kier molecular flexibility index (Phi) is 8.55. The normalized spacial score (nSPS) is 17.5. The molecule has 1 aromatic heterocycles. The van der Waals surface area contributed by atoms with Crippen LogP contribution >= 0.6 is 0 Å². The molecule has 0 radical (unpaired) electrons. The zero-order chi connectivity index (χ0) is 25.3. The number of ether oxygens (including phenoxy) is 2. The van der Waals surface area contributed by atoms with Gasteiger partial charge in [-0.25, -0.2) is 9.59 Å². The van der Waals surface area contributed by atoms with E-state index >= 15 is 0 Å². The molecule has 1 saturated heterocycles. The maximum atomic E-state index is 13.0. The summed E-state index contributed by atoms with van der Waals surface area (Å²) < 4.78 is 11.0. The Hall–Kier alpha value is -3.87. The van der Waals surface area contributed by atoms with Crippen molar-refractivity contribution in [2.75, 3.05) is 6.54 Å². The van der Waals surface area contributed by atoms with Gasteiger partial charge in [0, 0.05) is 24.2 Å². The Balaban J connectivity index is 1.51. The Bertz CT molecular complexity index is 1140. The first-order valence-electron chi connectivity index (χ1n) is 12.5. The molecular weight excluding hydrogens is 454 g/mol. The lowest BCUT2D eigenvalue weighted by atomic mass is 9.92. The highest BCUT2D eigenvalue weighted by atomic mass is 16.6. The monoisotopic (exact) mass is 487 g/mol. The standard InChI is InChI=1S/C29H33N3O4/c1-21(2)36-29(34)32-18-10-17-26(31-28(33)35-20-22-11-5-3-6-12-22)27(32)19-24-15-9-16-25(30-24)23-13-7-4-8-14-23/h3-9,11-16,21,26-27H,10,17-20H2,1-2H3,(H,31,33). The van der Waals surface area contributed by atoms with E-state index in [0.717, 1.165) is 35.4 Å². The highest BCUT2D eigenvalue weighted by molar-refractivity contribution is 5.70. The summed E-state index contributed by atoms with van der Waals surface area (Å²) in [5.41, 5.74) is 3.65. The largest absolute Gasteiger partial charge is 0.447 e. The summed E-state index contributed by atoms with van der Waals surface area (Å²) >= 11 is 0. The minimum atomic E-state index is -0.501. The van der Waals surface area contributed by atoms with Crippen molar-refractivity contribution >= 4 is 12.2 Å². The third-order valence-corrected chi connectivity index (χ3v) is 6.16. The number of benzene rings is 2. The lowest BCUT2D eigenvalue weighted by Crippen LogP contribution is -2.58. The van der Waals surface area contributed by atoms with Gasteiger partial charge in [0.1, 0.15) is 6.61 Å². The lowest BCUT2D eigenvalue weighted by Gasteiger charge is -2.41. The van der Waals surface area contributed by atoms with Crippen molar-refractivity contribution in [1.29, 1.82) is 0 Å². The molecule has 0 saturated carbocycles. The molecule has 2 aromatic carbocycles. The molecule has 1 aliphatic rings. The number of piperidine rings is 1. The second kappa shape index (κ2) is 12.2. The van der Waals surface area contributed by atoms with Crippen LogP contribution in [0.2, 0.25) is 0 Å². The van der Waals surface area contributed by atoms with Crippen LogP contribution in [0.25, 0.3) is 11.3 Å². The molecule has 188 valence electrons. The highest BCUT2D eigenvalue weighted by Gasteiger charge is 2.37. The third kappa shape index (κ3) is 6.84. The van der Waals surface area contributed by atoms with Crippen LogP contribution in [0.1, 0.15) is 37.9 Å². The Morgan fingerprint density at radius 3 is 2.44 bits per heavy atom. The summed E-state index contributed by atoms with van der Waals surface area (Å²) in [5.74, 6) is 0. The molecule has 2 unspecified atom stereocenters. The topological polar surface area (TPSA) is 80.8 Å². The summed E-state index contributed by atoms with van der Waals surface area (Å²) in [7, 11) is 0. The molecule has 2 heterocycles. The highest BCUT2D eigenvalue weighted by Crippen LogP contribution is 2.24. The first-order valence-corrected chi connectivity index (χ1v) is 12.5. The number of alkyl carbamates (subject to hydrolysis) is 1. The van der Waals surface area contributed by atoms with Gasteiger partial charge >= 0.3 is 12.2 Å². The minimum Gasteiger partial charge on any atom is -0.447 e. The summed E-state index contributed by atoms with van der Waals surface area (Å²) in [5, 5.41) is 3.01.